The van der Waals surface area contributed by atoms with E-state index in [0.717, 1.165) is 0 Å². The number of guanidine groups is 1. The van der Waals surface area contributed by atoms with Crippen molar-refractivity contribution in [2.45, 2.75) is 58.4 Å². The van der Waals surface area contributed by atoms with Crippen molar-refractivity contribution in [1.29, 1.82) is 5.41 Å². The van der Waals surface area contributed by atoms with E-state index < -0.39 is 0 Å². The molecule has 0 bridgehead atoms. The van der Waals surface area contributed by atoms with Gasteiger partial charge in [-0.2, -0.15) is 0 Å². The summed E-state index contributed by atoms with van der Waals surface area (Å²) in [6.45, 7) is 4.46. The van der Waals surface area contributed by atoms with Crippen LogP contribution in [0, 0.1) is 5.41 Å². The zero-order valence-corrected chi connectivity index (χ0v) is 11.7. The van der Waals surface area contributed by atoms with Crippen molar-refractivity contribution in [3.63, 3.8) is 0 Å². The van der Waals surface area contributed by atoms with Gasteiger partial charge >= 0.3 is 0 Å². The third-order valence-electron chi connectivity index (χ3n) is 3.09. The van der Waals surface area contributed by atoms with Gasteiger partial charge in [-0.15, -0.1) is 0 Å². The average molecular weight is 227 g/mol. The molecule has 0 saturated heterocycles. The number of hydrogen-bond donors (Lipinski definition) is 1. The van der Waals surface area contributed by atoms with Crippen molar-refractivity contribution in [3.8, 4) is 0 Å². The molecule has 0 heterocycles. The van der Waals surface area contributed by atoms with E-state index in [4.69, 9.17) is 5.41 Å². The lowest BCUT2D eigenvalue weighted by molar-refractivity contribution is 0.283. The standard InChI is InChI=1S/C13H29N3/c1-6-8-10-12(11-9-7-2)16(5)13(14)15(3)4/h12,14H,6-11H2,1-5H3. The summed E-state index contributed by atoms with van der Waals surface area (Å²) in [5.41, 5.74) is 0. The van der Waals surface area contributed by atoms with Gasteiger partial charge in [-0.1, -0.05) is 39.5 Å². The first-order valence-corrected chi connectivity index (χ1v) is 6.53. The predicted molar refractivity (Wildman–Crippen MR) is 72.0 cm³/mol. The molecule has 96 valence electrons. The van der Waals surface area contributed by atoms with E-state index in [1.807, 2.05) is 19.0 Å². The molecule has 0 spiro atoms. The summed E-state index contributed by atoms with van der Waals surface area (Å²) < 4.78 is 0. The molecule has 0 aromatic carbocycles. The van der Waals surface area contributed by atoms with E-state index in [0.29, 0.717) is 12.0 Å². The van der Waals surface area contributed by atoms with Crippen LogP contribution in [0.5, 0.6) is 0 Å². The lowest BCUT2D eigenvalue weighted by Crippen LogP contribution is -2.43. The SMILES string of the molecule is CCCCC(CCCC)N(C)C(=N)N(C)C. The van der Waals surface area contributed by atoms with Crippen LogP contribution in [0.1, 0.15) is 52.4 Å². The first-order chi connectivity index (χ1) is 7.54. The molecule has 1 N–H and O–H groups in total. The summed E-state index contributed by atoms with van der Waals surface area (Å²) in [7, 11) is 5.93. The van der Waals surface area contributed by atoms with Gasteiger partial charge in [0.25, 0.3) is 0 Å². The molecule has 0 aliphatic rings. The number of rotatable bonds is 7. The van der Waals surface area contributed by atoms with E-state index >= 15 is 0 Å². The molecule has 0 aliphatic heterocycles. The summed E-state index contributed by atoms with van der Waals surface area (Å²) in [6, 6.07) is 0.537. The van der Waals surface area contributed by atoms with Gasteiger partial charge < -0.3 is 9.80 Å². The summed E-state index contributed by atoms with van der Waals surface area (Å²) >= 11 is 0. The first-order valence-electron chi connectivity index (χ1n) is 6.53. The lowest BCUT2D eigenvalue weighted by Gasteiger charge is -2.33. The molecule has 0 fully saturated rings. The van der Waals surface area contributed by atoms with Crippen LogP contribution in [-0.2, 0) is 0 Å². The molecule has 0 amide bonds. The van der Waals surface area contributed by atoms with E-state index in [1.165, 1.54) is 38.5 Å². The monoisotopic (exact) mass is 227 g/mol. The van der Waals surface area contributed by atoms with Crippen LogP contribution < -0.4 is 0 Å². The highest BCUT2D eigenvalue weighted by Gasteiger charge is 2.17. The van der Waals surface area contributed by atoms with Gasteiger partial charge in [0.05, 0.1) is 0 Å². The zero-order chi connectivity index (χ0) is 12.6. The Morgan fingerprint density at radius 3 is 1.75 bits per heavy atom. The smallest absolute Gasteiger partial charge is 0.193 e. The molecule has 0 saturated carbocycles. The van der Waals surface area contributed by atoms with Gasteiger partial charge in [0.2, 0.25) is 0 Å². The second-order valence-corrected chi connectivity index (χ2v) is 4.77. The van der Waals surface area contributed by atoms with Crippen molar-refractivity contribution < 1.29 is 0 Å². The molecular weight excluding hydrogens is 198 g/mol. The second-order valence-electron chi connectivity index (χ2n) is 4.77. The summed E-state index contributed by atoms with van der Waals surface area (Å²) in [5, 5.41) is 8.00. The summed E-state index contributed by atoms with van der Waals surface area (Å²) in [5.74, 6) is 0.622. The van der Waals surface area contributed by atoms with Gasteiger partial charge in [0.15, 0.2) is 5.96 Å². The van der Waals surface area contributed by atoms with Crippen LogP contribution in [-0.4, -0.2) is 42.9 Å². The molecule has 0 rings (SSSR count). The number of hydrogen-bond acceptors (Lipinski definition) is 1. The molecule has 0 radical (unpaired) electrons. The van der Waals surface area contributed by atoms with E-state index in [1.54, 1.807) is 0 Å². The molecule has 3 nitrogen and oxygen atoms in total. The Balaban J connectivity index is 4.29. The Morgan fingerprint density at radius 1 is 1.00 bits per heavy atom. The van der Waals surface area contributed by atoms with Crippen LogP contribution >= 0.6 is 0 Å². The van der Waals surface area contributed by atoms with Crippen molar-refractivity contribution in [1.82, 2.24) is 9.80 Å². The fourth-order valence-electron chi connectivity index (χ4n) is 1.90. The van der Waals surface area contributed by atoms with E-state index in [2.05, 4.69) is 25.8 Å². The molecule has 16 heavy (non-hydrogen) atoms. The topological polar surface area (TPSA) is 30.3 Å². The van der Waals surface area contributed by atoms with Crippen molar-refractivity contribution in [3.05, 3.63) is 0 Å². The van der Waals surface area contributed by atoms with Gasteiger partial charge in [-0.05, 0) is 12.8 Å². The maximum atomic E-state index is 8.00. The molecule has 0 aliphatic carbocycles. The van der Waals surface area contributed by atoms with Crippen LogP contribution in [0.2, 0.25) is 0 Å². The molecule has 3 heteroatoms. The van der Waals surface area contributed by atoms with Crippen molar-refractivity contribution >= 4 is 5.96 Å². The van der Waals surface area contributed by atoms with Gasteiger partial charge in [0, 0.05) is 27.2 Å². The first kappa shape index (κ1) is 15.3. The molecule has 0 atom stereocenters. The predicted octanol–water partition coefficient (Wildman–Crippen LogP) is 3.16. The minimum atomic E-state index is 0.537. The number of unbranched alkanes of at least 4 members (excludes halogenated alkanes) is 2. The number of nitrogens with one attached hydrogen (secondary N) is 1. The fourth-order valence-corrected chi connectivity index (χ4v) is 1.90. The third kappa shape index (κ3) is 5.38. The third-order valence-corrected chi connectivity index (χ3v) is 3.09. The van der Waals surface area contributed by atoms with Gasteiger partial charge in [-0.25, -0.2) is 0 Å². The quantitative estimate of drug-likeness (QED) is 0.535. The molecule has 0 aromatic heterocycles. The van der Waals surface area contributed by atoms with Crippen molar-refractivity contribution in [2.75, 3.05) is 21.1 Å². The van der Waals surface area contributed by atoms with Crippen LogP contribution in [0.4, 0.5) is 0 Å². The minimum Gasteiger partial charge on any atom is -0.349 e. The Labute approximate surface area is 101 Å². The van der Waals surface area contributed by atoms with Crippen molar-refractivity contribution in [2.24, 2.45) is 0 Å². The van der Waals surface area contributed by atoms with Crippen LogP contribution in [0.3, 0.4) is 0 Å². The Morgan fingerprint density at radius 2 is 1.44 bits per heavy atom. The minimum absolute atomic E-state index is 0.537. The molecular formula is C13H29N3. The summed E-state index contributed by atoms with van der Waals surface area (Å²) in [4.78, 5) is 4.01. The van der Waals surface area contributed by atoms with Crippen LogP contribution in [0.25, 0.3) is 0 Å². The highest BCUT2D eigenvalue weighted by molar-refractivity contribution is 5.76. The Bertz CT molecular complexity index is 182. The second kappa shape index (κ2) is 8.43. The molecule has 0 aromatic rings. The van der Waals surface area contributed by atoms with Crippen LogP contribution in [0.15, 0.2) is 0 Å². The average Bonchev–Trinajstić information content (AvgIpc) is 2.27. The lowest BCUT2D eigenvalue weighted by atomic mass is 10.0. The summed E-state index contributed by atoms with van der Waals surface area (Å²) in [6.07, 6.45) is 7.43. The molecule has 0 unspecified atom stereocenters. The maximum Gasteiger partial charge on any atom is 0.193 e. The fraction of sp³-hybridized carbons (Fsp3) is 0.923. The number of nitrogens with zero attached hydrogens (tertiary/aromatic N) is 2. The maximum absolute atomic E-state index is 8.00. The highest BCUT2D eigenvalue weighted by Crippen LogP contribution is 2.15. The normalized spacial score (nSPS) is 10.6. The van der Waals surface area contributed by atoms with Gasteiger partial charge in [-0.3, -0.25) is 5.41 Å². The Kier molecular flexibility index (Phi) is 8.04. The Hall–Kier alpha value is -0.730. The van der Waals surface area contributed by atoms with E-state index in [9.17, 15) is 0 Å². The van der Waals surface area contributed by atoms with E-state index in [-0.39, 0.29) is 0 Å². The van der Waals surface area contributed by atoms with Gasteiger partial charge in [0.1, 0.15) is 0 Å². The largest absolute Gasteiger partial charge is 0.349 e. The zero-order valence-electron chi connectivity index (χ0n) is 11.7. The highest BCUT2D eigenvalue weighted by atomic mass is 15.3.